The van der Waals surface area contributed by atoms with Crippen molar-refractivity contribution in [2.75, 3.05) is 6.54 Å². The molecular weight excluding hydrogens is 488 g/mol. The molecule has 5 nitrogen and oxygen atoms in total. The zero-order valence-electron chi connectivity index (χ0n) is 20.6. The van der Waals surface area contributed by atoms with Gasteiger partial charge in [-0.3, -0.25) is 9.69 Å². The number of para-hydroxylation sites is 1. The molecule has 0 N–H and O–H groups in total. The standard InChI is InChI=1S/C32H24N4OS/c1-2-20-35-31(37)29(38-32(35)33-28-19-11-15-23-12-9-10-18-27(23)28)21-25-22-36(26-16-7-4-8-17-26)34-30(25)24-13-5-3-6-14-24/h2-19,21-22H,1,20H2. The van der Waals surface area contributed by atoms with E-state index in [9.17, 15) is 4.79 Å². The minimum absolute atomic E-state index is 0.0969. The number of hydrogen-bond donors (Lipinski definition) is 0. The van der Waals surface area contributed by atoms with Crippen LogP contribution in [0, 0.1) is 0 Å². The van der Waals surface area contributed by atoms with Gasteiger partial charge in [0.1, 0.15) is 0 Å². The first-order valence-electron chi connectivity index (χ1n) is 12.3. The van der Waals surface area contributed by atoms with Crippen molar-refractivity contribution >= 4 is 45.4 Å². The molecule has 5 aromatic rings. The minimum Gasteiger partial charge on any atom is -0.283 e. The highest BCUT2D eigenvalue weighted by Gasteiger charge is 2.33. The van der Waals surface area contributed by atoms with Gasteiger partial charge in [-0.15, -0.1) is 6.58 Å². The van der Waals surface area contributed by atoms with E-state index in [2.05, 4.69) is 24.8 Å². The van der Waals surface area contributed by atoms with E-state index >= 15 is 0 Å². The molecule has 2 heterocycles. The number of carbonyl (C=O) groups is 1. The van der Waals surface area contributed by atoms with Crippen LogP contribution in [-0.4, -0.2) is 32.3 Å². The summed E-state index contributed by atoms with van der Waals surface area (Å²) >= 11 is 1.38. The lowest BCUT2D eigenvalue weighted by molar-refractivity contribution is -0.121. The summed E-state index contributed by atoms with van der Waals surface area (Å²) in [5, 5.41) is 7.67. The Balaban J connectivity index is 1.44. The molecule has 6 rings (SSSR count). The van der Waals surface area contributed by atoms with E-state index in [1.165, 1.54) is 11.8 Å². The third-order valence-corrected chi connectivity index (χ3v) is 7.29. The Kier molecular flexibility index (Phi) is 6.46. The van der Waals surface area contributed by atoms with Gasteiger partial charge in [-0.2, -0.15) is 5.10 Å². The first kappa shape index (κ1) is 23.7. The number of aliphatic imine (C=N–C) groups is 1. The van der Waals surface area contributed by atoms with Gasteiger partial charge in [0.25, 0.3) is 5.91 Å². The number of rotatable bonds is 6. The molecule has 1 aromatic heterocycles. The number of amidine groups is 1. The van der Waals surface area contributed by atoms with Crippen LogP contribution < -0.4 is 0 Å². The van der Waals surface area contributed by atoms with Crippen LogP contribution in [0.5, 0.6) is 0 Å². The normalized spacial score (nSPS) is 15.6. The molecule has 4 aromatic carbocycles. The summed E-state index contributed by atoms with van der Waals surface area (Å²) in [7, 11) is 0. The Bertz CT molecular complexity index is 1700. The van der Waals surface area contributed by atoms with E-state index in [-0.39, 0.29) is 5.91 Å². The Hall–Kier alpha value is -4.68. The van der Waals surface area contributed by atoms with Crippen molar-refractivity contribution in [1.82, 2.24) is 14.7 Å². The lowest BCUT2D eigenvalue weighted by Gasteiger charge is -2.13. The number of amides is 1. The molecule has 1 aliphatic rings. The van der Waals surface area contributed by atoms with Crippen LogP contribution in [0.4, 0.5) is 5.69 Å². The van der Waals surface area contributed by atoms with Crippen LogP contribution in [0.1, 0.15) is 5.56 Å². The number of fused-ring (bicyclic) bond motifs is 1. The predicted molar refractivity (Wildman–Crippen MR) is 158 cm³/mol. The second-order valence-electron chi connectivity index (χ2n) is 8.79. The molecule has 6 heteroatoms. The maximum atomic E-state index is 13.6. The van der Waals surface area contributed by atoms with Gasteiger partial charge < -0.3 is 0 Å². The number of benzene rings is 4. The van der Waals surface area contributed by atoms with Crippen molar-refractivity contribution in [3.05, 3.63) is 132 Å². The fourth-order valence-corrected chi connectivity index (χ4v) is 5.45. The van der Waals surface area contributed by atoms with Gasteiger partial charge in [0.05, 0.1) is 22.0 Å². The lowest BCUT2D eigenvalue weighted by atomic mass is 10.1. The van der Waals surface area contributed by atoms with E-state index in [0.717, 1.165) is 39.0 Å². The first-order chi connectivity index (χ1) is 18.7. The number of carbonyl (C=O) groups excluding carboxylic acids is 1. The van der Waals surface area contributed by atoms with Crippen LogP contribution in [0.2, 0.25) is 0 Å². The van der Waals surface area contributed by atoms with Crippen LogP contribution in [-0.2, 0) is 4.79 Å². The van der Waals surface area contributed by atoms with Crippen molar-refractivity contribution in [3.8, 4) is 16.9 Å². The maximum absolute atomic E-state index is 13.6. The third kappa shape index (κ3) is 4.58. The molecule has 0 saturated carbocycles. The molecule has 0 aliphatic carbocycles. The Morgan fingerprint density at radius 1 is 0.868 bits per heavy atom. The average Bonchev–Trinajstić information content (AvgIpc) is 3.51. The first-order valence-corrected chi connectivity index (χ1v) is 13.1. The molecule has 0 unspecified atom stereocenters. The predicted octanol–water partition coefficient (Wildman–Crippen LogP) is 7.48. The summed E-state index contributed by atoms with van der Waals surface area (Å²) in [6.07, 6.45) is 5.61. The SMILES string of the molecule is C=CCN1C(=O)C(=Cc2cn(-c3ccccc3)nc2-c2ccccc2)SC1=Nc1cccc2ccccc12. The van der Waals surface area contributed by atoms with Crippen molar-refractivity contribution in [2.45, 2.75) is 0 Å². The average molecular weight is 513 g/mol. The van der Waals surface area contributed by atoms with E-state index < -0.39 is 0 Å². The number of aromatic nitrogens is 2. The quantitative estimate of drug-likeness (QED) is 0.175. The van der Waals surface area contributed by atoms with Gasteiger partial charge in [-0.1, -0.05) is 91.0 Å². The molecule has 1 saturated heterocycles. The van der Waals surface area contributed by atoms with Crippen molar-refractivity contribution in [1.29, 1.82) is 0 Å². The van der Waals surface area contributed by atoms with Gasteiger partial charge in [0.2, 0.25) is 0 Å². The smallest absolute Gasteiger partial charge is 0.267 e. The summed E-state index contributed by atoms with van der Waals surface area (Å²) in [5.41, 5.74) is 4.44. The molecule has 0 atom stereocenters. The molecule has 0 bridgehead atoms. The van der Waals surface area contributed by atoms with Gasteiger partial charge in [-0.25, -0.2) is 9.67 Å². The summed E-state index contributed by atoms with van der Waals surface area (Å²) in [5.74, 6) is -0.0969. The number of thioether (sulfide) groups is 1. The van der Waals surface area contributed by atoms with Crippen LogP contribution in [0.15, 0.2) is 132 Å². The number of nitrogens with zero attached hydrogens (tertiary/aromatic N) is 4. The summed E-state index contributed by atoms with van der Waals surface area (Å²) in [4.78, 5) is 20.8. The second kappa shape index (κ2) is 10.4. The zero-order valence-corrected chi connectivity index (χ0v) is 21.4. The molecular formula is C32H24N4OS. The molecule has 1 aliphatic heterocycles. The molecule has 0 spiro atoms. The summed E-state index contributed by atoms with van der Waals surface area (Å²) < 4.78 is 1.85. The van der Waals surface area contributed by atoms with Crippen molar-refractivity contribution in [3.63, 3.8) is 0 Å². The van der Waals surface area contributed by atoms with Crippen molar-refractivity contribution < 1.29 is 4.79 Å². The fraction of sp³-hybridized carbons (Fsp3) is 0.0312. The fourth-order valence-electron chi connectivity index (χ4n) is 4.46. The van der Waals surface area contributed by atoms with Crippen LogP contribution in [0.25, 0.3) is 33.8 Å². The Morgan fingerprint density at radius 2 is 1.58 bits per heavy atom. The third-order valence-electron chi connectivity index (χ3n) is 6.28. The van der Waals surface area contributed by atoms with Crippen molar-refractivity contribution in [2.24, 2.45) is 4.99 Å². The monoisotopic (exact) mass is 512 g/mol. The Morgan fingerprint density at radius 3 is 2.37 bits per heavy atom. The highest BCUT2D eigenvalue weighted by atomic mass is 32.2. The van der Waals surface area contributed by atoms with E-state index in [0.29, 0.717) is 16.6 Å². The topological polar surface area (TPSA) is 50.5 Å². The maximum Gasteiger partial charge on any atom is 0.267 e. The highest BCUT2D eigenvalue weighted by molar-refractivity contribution is 8.18. The van der Waals surface area contributed by atoms with Crippen LogP contribution in [0.3, 0.4) is 0 Å². The second-order valence-corrected chi connectivity index (χ2v) is 9.80. The summed E-state index contributed by atoms with van der Waals surface area (Å²) in [6.45, 7) is 4.24. The lowest BCUT2D eigenvalue weighted by Crippen LogP contribution is -2.29. The van der Waals surface area contributed by atoms with E-state index in [1.54, 1.807) is 11.0 Å². The molecule has 0 radical (unpaired) electrons. The Labute approximate surface area is 225 Å². The van der Waals surface area contributed by atoms with Gasteiger partial charge >= 0.3 is 0 Å². The largest absolute Gasteiger partial charge is 0.283 e. The van der Waals surface area contributed by atoms with E-state index in [4.69, 9.17) is 10.1 Å². The van der Waals surface area contributed by atoms with Crippen LogP contribution >= 0.6 is 11.8 Å². The zero-order chi connectivity index (χ0) is 25.9. The molecule has 184 valence electrons. The number of hydrogen-bond acceptors (Lipinski definition) is 4. The molecule has 1 amide bonds. The van der Waals surface area contributed by atoms with Gasteiger partial charge in [0.15, 0.2) is 5.17 Å². The minimum atomic E-state index is -0.0969. The highest BCUT2D eigenvalue weighted by Crippen LogP contribution is 2.37. The van der Waals surface area contributed by atoms with Gasteiger partial charge in [-0.05, 0) is 41.4 Å². The van der Waals surface area contributed by atoms with E-state index in [1.807, 2.05) is 102 Å². The van der Waals surface area contributed by atoms with Gasteiger partial charge in [0, 0.05) is 29.3 Å². The summed E-state index contributed by atoms with van der Waals surface area (Å²) in [6, 6.07) is 34.1. The molecule has 38 heavy (non-hydrogen) atoms. The molecule has 1 fully saturated rings.